The van der Waals surface area contributed by atoms with Gasteiger partial charge in [-0.15, -0.1) is 0 Å². The van der Waals surface area contributed by atoms with Crippen LogP contribution >= 0.6 is 0 Å². The van der Waals surface area contributed by atoms with Gasteiger partial charge in [-0.1, -0.05) is 6.07 Å². The summed E-state index contributed by atoms with van der Waals surface area (Å²) in [5.41, 5.74) is 1.81. The maximum atomic E-state index is 8.63. The van der Waals surface area contributed by atoms with Crippen molar-refractivity contribution in [2.45, 2.75) is 6.92 Å². The first kappa shape index (κ1) is 9.02. The summed E-state index contributed by atoms with van der Waals surface area (Å²) in [5.74, 6) is 0.588. The lowest BCUT2D eigenvalue weighted by molar-refractivity contribution is 0.196. The van der Waals surface area contributed by atoms with Crippen molar-refractivity contribution < 1.29 is 9.84 Å². The third-order valence-corrected chi connectivity index (χ3v) is 2.06. The molecule has 0 aliphatic carbocycles. The maximum absolute atomic E-state index is 8.63. The molecule has 0 aliphatic rings. The van der Waals surface area contributed by atoms with Gasteiger partial charge in [-0.2, -0.15) is 4.98 Å². The molecule has 4 heteroatoms. The molecular formula is C10H12N2O2. The molecule has 0 amide bonds. The van der Waals surface area contributed by atoms with E-state index in [2.05, 4.69) is 4.98 Å². The van der Waals surface area contributed by atoms with E-state index >= 15 is 0 Å². The highest BCUT2D eigenvalue weighted by Crippen LogP contribution is 2.18. The number of aromatic nitrogens is 2. The Hall–Kier alpha value is -1.55. The number of ether oxygens (including phenoxy) is 1. The van der Waals surface area contributed by atoms with Crippen LogP contribution in [0, 0.1) is 6.92 Å². The first-order valence-corrected chi connectivity index (χ1v) is 4.50. The Labute approximate surface area is 81.8 Å². The minimum atomic E-state index is 0.00725. The van der Waals surface area contributed by atoms with Gasteiger partial charge >= 0.3 is 0 Å². The highest BCUT2D eigenvalue weighted by atomic mass is 16.5. The normalized spacial score (nSPS) is 10.7. The average molecular weight is 192 g/mol. The molecule has 0 bridgehead atoms. The second-order valence-electron chi connectivity index (χ2n) is 3.00. The maximum Gasteiger partial charge on any atom is 0.235 e. The molecule has 74 valence electrons. The van der Waals surface area contributed by atoms with E-state index in [4.69, 9.17) is 9.84 Å². The third-order valence-electron chi connectivity index (χ3n) is 2.06. The molecule has 0 radical (unpaired) electrons. The predicted octanol–water partition coefficient (Wildman–Crippen LogP) is 1.01. The van der Waals surface area contributed by atoms with Crippen LogP contribution in [0.5, 0.6) is 5.88 Å². The van der Waals surface area contributed by atoms with Crippen LogP contribution in [0.25, 0.3) is 5.65 Å². The minimum Gasteiger partial charge on any atom is -0.474 e. The zero-order chi connectivity index (χ0) is 9.97. The lowest BCUT2D eigenvalue weighted by Crippen LogP contribution is -2.02. The molecule has 0 saturated heterocycles. The number of aliphatic hydroxyl groups excluding tert-OH is 1. The lowest BCUT2D eigenvalue weighted by atomic mass is 10.4. The zero-order valence-corrected chi connectivity index (χ0v) is 7.97. The number of pyridine rings is 1. The first-order chi connectivity index (χ1) is 6.83. The van der Waals surface area contributed by atoms with Crippen molar-refractivity contribution in [2.75, 3.05) is 13.2 Å². The van der Waals surface area contributed by atoms with E-state index in [1.54, 1.807) is 0 Å². The van der Waals surface area contributed by atoms with E-state index in [1.807, 2.05) is 35.7 Å². The van der Waals surface area contributed by atoms with Gasteiger partial charge in [0, 0.05) is 6.20 Å². The molecule has 14 heavy (non-hydrogen) atoms. The summed E-state index contributed by atoms with van der Waals surface area (Å²) in [7, 11) is 0. The number of aryl methyl sites for hydroxylation is 1. The van der Waals surface area contributed by atoms with Gasteiger partial charge in [-0.05, 0) is 19.1 Å². The van der Waals surface area contributed by atoms with Crippen molar-refractivity contribution in [3.63, 3.8) is 0 Å². The Morgan fingerprint density at radius 3 is 3.07 bits per heavy atom. The van der Waals surface area contributed by atoms with Gasteiger partial charge in [0.25, 0.3) is 0 Å². The fraction of sp³-hybridized carbons (Fsp3) is 0.300. The number of hydrogen-bond acceptors (Lipinski definition) is 3. The van der Waals surface area contributed by atoms with Gasteiger partial charge in [-0.3, -0.25) is 0 Å². The molecule has 2 rings (SSSR count). The van der Waals surface area contributed by atoms with E-state index in [-0.39, 0.29) is 13.2 Å². The SMILES string of the molecule is Cc1c(OCCO)nc2ccccn12. The topological polar surface area (TPSA) is 46.8 Å². The molecule has 0 aliphatic heterocycles. The number of imidazole rings is 1. The van der Waals surface area contributed by atoms with E-state index in [9.17, 15) is 0 Å². The van der Waals surface area contributed by atoms with Crippen LogP contribution in [-0.2, 0) is 0 Å². The molecule has 2 aromatic rings. The van der Waals surface area contributed by atoms with Crippen molar-refractivity contribution in [3.05, 3.63) is 30.1 Å². The summed E-state index contributed by atoms with van der Waals surface area (Å²) in [6.45, 7) is 2.23. The van der Waals surface area contributed by atoms with Gasteiger partial charge in [0.1, 0.15) is 12.3 Å². The Morgan fingerprint density at radius 1 is 1.50 bits per heavy atom. The Morgan fingerprint density at radius 2 is 2.36 bits per heavy atom. The van der Waals surface area contributed by atoms with Gasteiger partial charge in [0.15, 0.2) is 0 Å². The highest BCUT2D eigenvalue weighted by Gasteiger charge is 2.07. The Bertz CT molecular complexity index is 437. The van der Waals surface area contributed by atoms with Gasteiger partial charge in [-0.25, -0.2) is 0 Å². The summed E-state index contributed by atoms with van der Waals surface area (Å²) in [6.07, 6.45) is 1.93. The molecule has 0 unspecified atom stereocenters. The van der Waals surface area contributed by atoms with Crippen LogP contribution in [0.3, 0.4) is 0 Å². The number of fused-ring (bicyclic) bond motifs is 1. The highest BCUT2D eigenvalue weighted by molar-refractivity contribution is 5.44. The number of aliphatic hydroxyl groups is 1. The van der Waals surface area contributed by atoms with Crippen LogP contribution in [0.4, 0.5) is 0 Å². The van der Waals surface area contributed by atoms with Gasteiger partial charge in [0.2, 0.25) is 5.88 Å². The van der Waals surface area contributed by atoms with E-state index < -0.39 is 0 Å². The van der Waals surface area contributed by atoms with Crippen molar-refractivity contribution in [1.29, 1.82) is 0 Å². The zero-order valence-electron chi connectivity index (χ0n) is 7.97. The van der Waals surface area contributed by atoms with E-state index in [0.717, 1.165) is 11.3 Å². The summed E-state index contributed by atoms with van der Waals surface area (Å²) in [6, 6.07) is 5.79. The predicted molar refractivity (Wildman–Crippen MR) is 52.5 cm³/mol. The molecule has 0 saturated carbocycles. The smallest absolute Gasteiger partial charge is 0.235 e. The molecule has 0 fully saturated rings. The fourth-order valence-electron chi connectivity index (χ4n) is 1.38. The number of hydrogen-bond donors (Lipinski definition) is 1. The Kier molecular flexibility index (Phi) is 2.37. The number of rotatable bonds is 3. The summed E-state index contributed by atoms with van der Waals surface area (Å²) >= 11 is 0. The minimum absolute atomic E-state index is 0.00725. The molecule has 0 spiro atoms. The van der Waals surface area contributed by atoms with Crippen molar-refractivity contribution in [1.82, 2.24) is 9.38 Å². The number of nitrogens with zero attached hydrogens (tertiary/aromatic N) is 2. The van der Waals surface area contributed by atoms with Crippen molar-refractivity contribution >= 4 is 5.65 Å². The van der Waals surface area contributed by atoms with E-state index in [0.29, 0.717) is 5.88 Å². The Balaban J connectivity index is 2.41. The monoisotopic (exact) mass is 192 g/mol. The molecule has 1 N–H and O–H groups in total. The average Bonchev–Trinajstić information content (AvgIpc) is 2.54. The van der Waals surface area contributed by atoms with Crippen LogP contribution in [-0.4, -0.2) is 27.7 Å². The van der Waals surface area contributed by atoms with Crippen molar-refractivity contribution in [2.24, 2.45) is 0 Å². The van der Waals surface area contributed by atoms with Gasteiger partial charge < -0.3 is 14.2 Å². The van der Waals surface area contributed by atoms with Crippen LogP contribution in [0.15, 0.2) is 24.4 Å². The van der Waals surface area contributed by atoms with Crippen molar-refractivity contribution in [3.8, 4) is 5.88 Å². The van der Waals surface area contributed by atoms with E-state index in [1.165, 1.54) is 0 Å². The fourth-order valence-corrected chi connectivity index (χ4v) is 1.38. The second-order valence-corrected chi connectivity index (χ2v) is 3.00. The van der Waals surface area contributed by atoms with Crippen LogP contribution in [0.2, 0.25) is 0 Å². The molecule has 0 atom stereocenters. The summed E-state index contributed by atoms with van der Waals surface area (Å²) in [5, 5.41) is 8.63. The third kappa shape index (κ3) is 1.44. The second kappa shape index (κ2) is 3.67. The summed E-state index contributed by atoms with van der Waals surface area (Å²) < 4.78 is 7.24. The molecule has 2 heterocycles. The molecule has 0 aromatic carbocycles. The molecule has 2 aromatic heterocycles. The largest absolute Gasteiger partial charge is 0.474 e. The van der Waals surface area contributed by atoms with Crippen LogP contribution < -0.4 is 4.74 Å². The lowest BCUT2D eigenvalue weighted by Gasteiger charge is -2.00. The van der Waals surface area contributed by atoms with Gasteiger partial charge in [0.05, 0.1) is 12.3 Å². The van der Waals surface area contributed by atoms with Crippen LogP contribution in [0.1, 0.15) is 5.69 Å². The standard InChI is InChI=1S/C10H12N2O2/c1-8-10(14-7-6-13)11-9-4-2-3-5-12(8)9/h2-5,13H,6-7H2,1H3. The molecule has 4 nitrogen and oxygen atoms in total. The quantitative estimate of drug-likeness (QED) is 0.789. The molecular weight excluding hydrogens is 180 g/mol. The summed E-state index contributed by atoms with van der Waals surface area (Å²) in [4.78, 5) is 4.28. The first-order valence-electron chi connectivity index (χ1n) is 4.50.